The Hall–Kier alpha value is -1.56. The molecule has 2 N–H and O–H groups in total. The first-order valence-corrected chi connectivity index (χ1v) is 10.7. The number of hydrogen-bond acceptors (Lipinski definition) is 8. The van der Waals surface area contributed by atoms with Gasteiger partial charge in [-0.25, -0.2) is 4.79 Å². The molecule has 4 heterocycles. The summed E-state index contributed by atoms with van der Waals surface area (Å²) in [6.45, 7) is 2.99. The van der Waals surface area contributed by atoms with E-state index < -0.39 is 42.1 Å². The lowest BCUT2D eigenvalue weighted by atomic mass is 10.1. The Balaban J connectivity index is 1.51. The van der Waals surface area contributed by atoms with E-state index >= 15 is 0 Å². The number of H-pyrrole nitrogens is 1. The average molecular weight is 426 g/mol. The Morgan fingerprint density at radius 1 is 1.13 bits per heavy atom. The first kappa shape index (κ1) is 21.7. The summed E-state index contributed by atoms with van der Waals surface area (Å²) in [5.74, 6) is 0. The summed E-state index contributed by atoms with van der Waals surface area (Å²) in [5.41, 5.74) is -0.783. The van der Waals surface area contributed by atoms with Crippen molar-refractivity contribution >= 4 is 0 Å². The van der Waals surface area contributed by atoms with Crippen LogP contribution >= 0.6 is 0 Å². The monoisotopic (exact) mass is 426 g/mol. The number of ether oxygens (including phenoxy) is 5. The molecule has 0 aliphatic carbocycles. The molecule has 10 nitrogen and oxygen atoms in total. The number of nitrogens with zero attached hydrogens (tertiary/aromatic N) is 1. The molecule has 0 spiro atoms. The van der Waals surface area contributed by atoms with Crippen molar-refractivity contribution in [1.29, 1.82) is 0 Å². The van der Waals surface area contributed by atoms with Gasteiger partial charge < -0.3 is 28.8 Å². The van der Waals surface area contributed by atoms with E-state index in [4.69, 9.17) is 23.7 Å². The average Bonchev–Trinajstić information content (AvgIpc) is 3.06. The third-order valence-electron chi connectivity index (χ3n) is 5.76. The van der Waals surface area contributed by atoms with Gasteiger partial charge in [-0.1, -0.05) is 0 Å². The predicted molar refractivity (Wildman–Crippen MR) is 104 cm³/mol. The Morgan fingerprint density at radius 2 is 1.83 bits per heavy atom. The number of aromatic amines is 1. The van der Waals surface area contributed by atoms with E-state index in [1.807, 2.05) is 0 Å². The van der Waals surface area contributed by atoms with Gasteiger partial charge in [-0.15, -0.1) is 0 Å². The van der Waals surface area contributed by atoms with E-state index in [9.17, 15) is 14.7 Å². The first-order valence-electron chi connectivity index (χ1n) is 10.7. The highest BCUT2D eigenvalue weighted by Crippen LogP contribution is 2.33. The fourth-order valence-electron chi connectivity index (χ4n) is 4.07. The first-order chi connectivity index (χ1) is 14.5. The molecular formula is C20H30N2O8. The lowest BCUT2D eigenvalue weighted by Gasteiger charge is -2.30. The SMILES string of the molecule is Cc1cn([C@@H]2O[C@H](COC3CCCCO3)C(OC3CCCCO3)C2O)c(=O)[nH]c1=O. The summed E-state index contributed by atoms with van der Waals surface area (Å²) in [4.78, 5) is 26.3. The molecule has 3 fully saturated rings. The largest absolute Gasteiger partial charge is 0.386 e. The van der Waals surface area contributed by atoms with Crippen LogP contribution in [-0.4, -0.2) is 65.4 Å². The van der Waals surface area contributed by atoms with Crippen LogP contribution in [0, 0.1) is 6.92 Å². The van der Waals surface area contributed by atoms with Gasteiger partial charge in [-0.05, 0) is 45.4 Å². The van der Waals surface area contributed by atoms with E-state index in [0.717, 1.165) is 38.5 Å². The summed E-state index contributed by atoms with van der Waals surface area (Å²) < 4.78 is 30.4. The molecule has 1 aromatic rings. The third-order valence-corrected chi connectivity index (χ3v) is 5.76. The van der Waals surface area contributed by atoms with Crippen LogP contribution in [0.2, 0.25) is 0 Å². The minimum Gasteiger partial charge on any atom is -0.386 e. The van der Waals surface area contributed by atoms with Gasteiger partial charge in [0.1, 0.15) is 18.3 Å². The highest BCUT2D eigenvalue weighted by molar-refractivity contribution is 5.03. The maximum atomic E-state index is 12.3. The van der Waals surface area contributed by atoms with Crippen LogP contribution in [0.5, 0.6) is 0 Å². The van der Waals surface area contributed by atoms with E-state index in [1.165, 1.54) is 10.8 Å². The molecule has 3 aliphatic rings. The van der Waals surface area contributed by atoms with Crippen LogP contribution in [0.3, 0.4) is 0 Å². The second kappa shape index (κ2) is 9.71. The lowest BCUT2D eigenvalue weighted by Crippen LogP contribution is -2.42. The molecular weight excluding hydrogens is 396 g/mol. The van der Waals surface area contributed by atoms with Gasteiger partial charge >= 0.3 is 5.69 Å². The van der Waals surface area contributed by atoms with Gasteiger partial charge in [0.15, 0.2) is 18.8 Å². The Morgan fingerprint density at radius 3 is 2.50 bits per heavy atom. The standard InChI is InChI=1S/C20H30N2O8/c1-12-10-22(20(25)21-18(12)24)19-16(23)17(30-15-7-3-5-9-27-15)13(29-19)11-28-14-6-2-4-8-26-14/h10,13-17,19,23H,2-9,11H2,1H3,(H,21,24,25)/t13-,14?,15?,16?,17?,19-/m1/s1. The maximum absolute atomic E-state index is 12.3. The van der Waals surface area contributed by atoms with Crippen molar-refractivity contribution in [2.75, 3.05) is 19.8 Å². The van der Waals surface area contributed by atoms with Crippen LogP contribution in [0.15, 0.2) is 15.8 Å². The Labute approximate surface area is 174 Å². The molecule has 0 bridgehead atoms. The Kier molecular flexibility index (Phi) is 7.01. The van der Waals surface area contributed by atoms with E-state index in [1.54, 1.807) is 6.92 Å². The zero-order valence-corrected chi connectivity index (χ0v) is 17.2. The zero-order valence-electron chi connectivity index (χ0n) is 17.2. The van der Waals surface area contributed by atoms with Crippen molar-refractivity contribution < 1.29 is 28.8 Å². The van der Waals surface area contributed by atoms with Crippen molar-refractivity contribution in [2.45, 2.75) is 82.6 Å². The van der Waals surface area contributed by atoms with Crippen LogP contribution in [0.1, 0.15) is 50.3 Å². The summed E-state index contributed by atoms with van der Waals surface area (Å²) in [6, 6.07) is 0. The highest BCUT2D eigenvalue weighted by Gasteiger charge is 2.47. The predicted octanol–water partition coefficient (Wildman–Crippen LogP) is 0.558. The molecule has 0 radical (unpaired) electrons. The van der Waals surface area contributed by atoms with Crippen LogP contribution in [0.4, 0.5) is 0 Å². The summed E-state index contributed by atoms with van der Waals surface area (Å²) >= 11 is 0. The molecule has 4 unspecified atom stereocenters. The summed E-state index contributed by atoms with van der Waals surface area (Å²) in [5, 5.41) is 11.0. The molecule has 30 heavy (non-hydrogen) atoms. The van der Waals surface area contributed by atoms with Crippen molar-refractivity contribution in [3.63, 3.8) is 0 Å². The van der Waals surface area contributed by atoms with Gasteiger partial charge in [0.2, 0.25) is 0 Å². The van der Waals surface area contributed by atoms with Gasteiger partial charge in [0.25, 0.3) is 5.56 Å². The van der Waals surface area contributed by atoms with Crippen LogP contribution < -0.4 is 11.2 Å². The molecule has 1 aromatic heterocycles. The highest BCUT2D eigenvalue weighted by atomic mass is 16.7. The second-order valence-corrected chi connectivity index (χ2v) is 8.06. The molecule has 0 saturated carbocycles. The van der Waals surface area contributed by atoms with E-state index in [0.29, 0.717) is 18.8 Å². The lowest BCUT2D eigenvalue weighted by molar-refractivity contribution is -0.223. The molecule has 6 atom stereocenters. The van der Waals surface area contributed by atoms with Crippen molar-refractivity contribution in [2.24, 2.45) is 0 Å². The summed E-state index contributed by atoms with van der Waals surface area (Å²) in [7, 11) is 0. The number of rotatable bonds is 6. The number of hydrogen-bond donors (Lipinski definition) is 2. The van der Waals surface area contributed by atoms with E-state index in [-0.39, 0.29) is 12.9 Å². The van der Waals surface area contributed by atoms with Gasteiger partial charge in [-0.3, -0.25) is 14.3 Å². The van der Waals surface area contributed by atoms with Crippen molar-refractivity contribution in [3.05, 3.63) is 32.6 Å². The fraction of sp³-hybridized carbons (Fsp3) is 0.800. The zero-order chi connectivity index (χ0) is 21.1. The van der Waals surface area contributed by atoms with Crippen molar-refractivity contribution in [1.82, 2.24) is 9.55 Å². The second-order valence-electron chi connectivity index (χ2n) is 8.06. The van der Waals surface area contributed by atoms with Crippen molar-refractivity contribution in [3.8, 4) is 0 Å². The minimum atomic E-state index is -1.14. The molecule has 0 aromatic carbocycles. The topological polar surface area (TPSA) is 121 Å². The number of aromatic nitrogens is 2. The molecule has 0 amide bonds. The molecule has 3 saturated heterocycles. The maximum Gasteiger partial charge on any atom is 0.330 e. The molecule has 3 aliphatic heterocycles. The number of aliphatic hydroxyl groups excluding tert-OH is 1. The normalized spacial score (nSPS) is 34.9. The molecule has 10 heteroatoms. The van der Waals surface area contributed by atoms with Gasteiger partial charge in [0, 0.05) is 25.0 Å². The quantitative estimate of drug-likeness (QED) is 0.677. The smallest absolute Gasteiger partial charge is 0.330 e. The van der Waals surface area contributed by atoms with E-state index in [2.05, 4.69) is 4.98 Å². The third kappa shape index (κ3) is 4.84. The fourth-order valence-corrected chi connectivity index (χ4v) is 4.07. The van der Waals surface area contributed by atoms with Gasteiger partial charge in [0.05, 0.1) is 6.61 Å². The summed E-state index contributed by atoms with van der Waals surface area (Å²) in [6.07, 6.45) is 2.63. The minimum absolute atomic E-state index is 0.146. The molecule has 168 valence electrons. The molecule has 4 rings (SSSR count). The van der Waals surface area contributed by atoms with Crippen LogP contribution in [-0.2, 0) is 23.7 Å². The number of aryl methyl sites for hydroxylation is 1. The number of aliphatic hydroxyl groups is 1. The van der Waals surface area contributed by atoms with Gasteiger partial charge in [-0.2, -0.15) is 0 Å². The van der Waals surface area contributed by atoms with Crippen LogP contribution in [0.25, 0.3) is 0 Å². The Bertz CT molecular complexity index is 812. The number of nitrogens with one attached hydrogen (secondary N) is 1.